The van der Waals surface area contributed by atoms with Gasteiger partial charge in [-0.05, 0) is 30.3 Å². The molecule has 0 aliphatic carbocycles. The number of pyridine rings is 1. The van der Waals surface area contributed by atoms with Crippen LogP contribution in [0, 0.1) is 0 Å². The molecule has 4 rings (SSSR count). The van der Waals surface area contributed by atoms with Crippen LogP contribution in [-0.4, -0.2) is 40.4 Å². The van der Waals surface area contributed by atoms with E-state index in [-0.39, 0.29) is 5.75 Å². The number of benzene rings is 1. The number of alkyl halides is 4. The first-order valence-corrected chi connectivity index (χ1v) is 7.49. The Morgan fingerprint density at radius 3 is 2.44 bits per heavy atom. The Hall–Kier alpha value is -2.84. The lowest BCUT2D eigenvalue weighted by atomic mass is 10.1. The van der Waals surface area contributed by atoms with Crippen molar-refractivity contribution < 1.29 is 22.3 Å². The highest BCUT2D eigenvalue weighted by Gasteiger charge is 2.31. The number of aromatic nitrogens is 3. The highest BCUT2D eigenvalue weighted by atomic mass is 19.4. The molecule has 2 aromatic heterocycles. The monoisotopic (exact) mass is 352 g/mol. The molecule has 0 amide bonds. The topological polar surface area (TPSA) is 43.2 Å². The van der Waals surface area contributed by atoms with Crippen molar-refractivity contribution in [1.29, 1.82) is 0 Å². The number of hydrogen-bond donors (Lipinski definition) is 0. The number of nitrogens with zero attached hydrogens (tertiary/aromatic N) is 4. The van der Waals surface area contributed by atoms with E-state index in [1.54, 1.807) is 18.5 Å². The Bertz CT molecular complexity index is 901. The van der Waals surface area contributed by atoms with Crippen molar-refractivity contribution in [2.45, 2.75) is 12.5 Å². The van der Waals surface area contributed by atoms with Crippen molar-refractivity contribution in [3.05, 3.63) is 42.7 Å². The molecule has 0 spiro atoms. The van der Waals surface area contributed by atoms with Crippen LogP contribution in [0.2, 0.25) is 0 Å². The summed E-state index contributed by atoms with van der Waals surface area (Å²) < 4.78 is 55.2. The lowest BCUT2D eigenvalue weighted by Gasteiger charge is -2.36. The summed E-state index contributed by atoms with van der Waals surface area (Å²) in [6.45, 7) is 0.654. The predicted molar refractivity (Wildman–Crippen MR) is 82.7 cm³/mol. The van der Waals surface area contributed by atoms with Crippen LogP contribution in [0.4, 0.5) is 23.2 Å². The molecule has 25 heavy (non-hydrogen) atoms. The predicted octanol–water partition coefficient (Wildman–Crippen LogP) is 3.48. The maximum absolute atomic E-state index is 13.1. The second kappa shape index (κ2) is 5.61. The molecule has 1 aliphatic heterocycles. The molecule has 5 nitrogen and oxygen atoms in total. The van der Waals surface area contributed by atoms with E-state index >= 15 is 0 Å². The van der Waals surface area contributed by atoms with Crippen molar-refractivity contribution in [2.75, 3.05) is 18.0 Å². The van der Waals surface area contributed by atoms with Crippen LogP contribution < -0.4 is 9.64 Å². The zero-order chi connectivity index (χ0) is 17.6. The number of halogens is 4. The van der Waals surface area contributed by atoms with Crippen molar-refractivity contribution in [3.63, 3.8) is 0 Å². The van der Waals surface area contributed by atoms with Gasteiger partial charge in [-0.3, -0.25) is 0 Å². The first kappa shape index (κ1) is 15.7. The van der Waals surface area contributed by atoms with E-state index in [1.165, 1.54) is 28.9 Å². The Balaban J connectivity index is 1.67. The average Bonchev–Trinajstić information content (AvgIpc) is 2.95. The maximum atomic E-state index is 13.1. The van der Waals surface area contributed by atoms with Gasteiger partial charge in [0.05, 0.1) is 36.0 Å². The van der Waals surface area contributed by atoms with Gasteiger partial charge in [-0.25, -0.2) is 14.1 Å². The van der Waals surface area contributed by atoms with Crippen LogP contribution in [0.15, 0.2) is 42.7 Å². The van der Waals surface area contributed by atoms with E-state index in [1.807, 2.05) is 4.90 Å². The SMILES string of the molecule is FC1CN(c2ccnc3c2cnn3-c2ccc(OC(F)(F)F)cc2)C1. The maximum Gasteiger partial charge on any atom is 0.573 e. The number of hydrogen-bond acceptors (Lipinski definition) is 4. The summed E-state index contributed by atoms with van der Waals surface area (Å²) in [4.78, 5) is 6.18. The molecule has 0 N–H and O–H groups in total. The fourth-order valence-electron chi connectivity index (χ4n) is 2.79. The van der Waals surface area contributed by atoms with Crippen molar-refractivity contribution in [1.82, 2.24) is 14.8 Å². The third-order valence-corrected chi connectivity index (χ3v) is 3.94. The molecule has 1 aliphatic rings. The summed E-state index contributed by atoms with van der Waals surface area (Å²) in [5.74, 6) is -0.309. The Morgan fingerprint density at radius 2 is 1.80 bits per heavy atom. The van der Waals surface area contributed by atoms with Crippen LogP contribution in [0.3, 0.4) is 0 Å². The van der Waals surface area contributed by atoms with Crippen LogP contribution in [0.25, 0.3) is 16.7 Å². The zero-order valence-electron chi connectivity index (χ0n) is 12.7. The molecule has 3 heterocycles. The van der Waals surface area contributed by atoms with Crippen molar-refractivity contribution in [2.24, 2.45) is 0 Å². The van der Waals surface area contributed by atoms with E-state index < -0.39 is 12.5 Å². The molecule has 130 valence electrons. The van der Waals surface area contributed by atoms with Gasteiger partial charge in [0.15, 0.2) is 5.65 Å². The third-order valence-electron chi connectivity index (χ3n) is 3.94. The van der Waals surface area contributed by atoms with Gasteiger partial charge >= 0.3 is 6.36 Å². The summed E-state index contributed by atoms with van der Waals surface area (Å²) in [6, 6.07) is 7.14. The molecule has 3 aromatic rings. The average molecular weight is 352 g/mol. The molecular weight excluding hydrogens is 340 g/mol. The molecule has 0 bridgehead atoms. The van der Waals surface area contributed by atoms with Crippen LogP contribution in [0.1, 0.15) is 0 Å². The summed E-state index contributed by atoms with van der Waals surface area (Å²) in [5.41, 5.74) is 1.92. The van der Waals surface area contributed by atoms with Gasteiger partial charge in [0.25, 0.3) is 0 Å². The second-order valence-electron chi connectivity index (χ2n) is 5.67. The van der Waals surface area contributed by atoms with Gasteiger partial charge < -0.3 is 9.64 Å². The molecule has 0 radical (unpaired) electrons. The Kier molecular flexibility index (Phi) is 3.52. The highest BCUT2D eigenvalue weighted by molar-refractivity contribution is 5.90. The smallest absolute Gasteiger partial charge is 0.406 e. The van der Waals surface area contributed by atoms with Crippen LogP contribution in [0.5, 0.6) is 5.75 Å². The Morgan fingerprint density at radius 1 is 1.08 bits per heavy atom. The second-order valence-corrected chi connectivity index (χ2v) is 5.67. The quantitative estimate of drug-likeness (QED) is 0.677. The summed E-state index contributed by atoms with van der Waals surface area (Å²) in [5, 5.41) is 5.02. The number of fused-ring (bicyclic) bond motifs is 1. The summed E-state index contributed by atoms with van der Waals surface area (Å²) in [6.07, 6.45) is -2.35. The molecule has 0 saturated carbocycles. The largest absolute Gasteiger partial charge is 0.573 e. The van der Waals surface area contributed by atoms with E-state index in [9.17, 15) is 17.6 Å². The molecule has 1 fully saturated rings. The summed E-state index contributed by atoms with van der Waals surface area (Å²) >= 11 is 0. The van der Waals surface area contributed by atoms with Gasteiger partial charge in [-0.15, -0.1) is 13.2 Å². The normalized spacial score (nSPS) is 15.4. The van der Waals surface area contributed by atoms with Gasteiger partial charge in [0.2, 0.25) is 0 Å². The first-order valence-electron chi connectivity index (χ1n) is 7.49. The van der Waals surface area contributed by atoms with Gasteiger partial charge in [0.1, 0.15) is 11.9 Å². The first-order chi connectivity index (χ1) is 11.9. The standard InChI is InChI=1S/C16H12F4N4O/c17-10-8-23(9-10)14-5-6-21-15-13(14)7-22-24(15)11-1-3-12(4-2-11)25-16(18,19)20/h1-7,10H,8-9H2. The lowest BCUT2D eigenvalue weighted by Crippen LogP contribution is -2.48. The minimum atomic E-state index is -4.73. The Labute approximate surface area is 139 Å². The number of rotatable bonds is 3. The highest BCUT2D eigenvalue weighted by Crippen LogP contribution is 2.31. The molecule has 0 atom stereocenters. The molecule has 0 unspecified atom stereocenters. The molecular formula is C16H12F4N4O. The van der Waals surface area contributed by atoms with Gasteiger partial charge in [-0.2, -0.15) is 5.10 Å². The van der Waals surface area contributed by atoms with Crippen molar-refractivity contribution in [3.8, 4) is 11.4 Å². The molecule has 1 aromatic carbocycles. The summed E-state index contributed by atoms with van der Waals surface area (Å²) in [7, 11) is 0. The van der Waals surface area contributed by atoms with Gasteiger partial charge in [-0.1, -0.05) is 0 Å². The lowest BCUT2D eigenvalue weighted by molar-refractivity contribution is -0.274. The fourth-order valence-corrected chi connectivity index (χ4v) is 2.79. The van der Waals surface area contributed by atoms with E-state index in [0.717, 1.165) is 11.1 Å². The molecule has 9 heteroatoms. The van der Waals surface area contributed by atoms with E-state index in [0.29, 0.717) is 24.4 Å². The molecule has 1 saturated heterocycles. The van der Waals surface area contributed by atoms with Gasteiger partial charge in [0, 0.05) is 6.20 Å². The van der Waals surface area contributed by atoms with Crippen LogP contribution >= 0.6 is 0 Å². The third kappa shape index (κ3) is 2.97. The number of anilines is 1. The minimum absolute atomic E-state index is 0.309. The van der Waals surface area contributed by atoms with Crippen LogP contribution in [-0.2, 0) is 0 Å². The number of ether oxygens (including phenoxy) is 1. The van der Waals surface area contributed by atoms with Crippen molar-refractivity contribution >= 4 is 16.7 Å². The fraction of sp³-hybridized carbons (Fsp3) is 0.250. The van der Waals surface area contributed by atoms with E-state index in [4.69, 9.17) is 0 Å². The van der Waals surface area contributed by atoms with E-state index in [2.05, 4.69) is 14.8 Å². The minimum Gasteiger partial charge on any atom is -0.406 e. The zero-order valence-corrected chi connectivity index (χ0v) is 12.7.